The molecule has 9 heteroatoms. The second kappa shape index (κ2) is 7.90. The summed E-state index contributed by atoms with van der Waals surface area (Å²) in [5.74, 6) is -0.501. The number of benzene rings is 2. The molecule has 1 aliphatic rings. The Bertz CT molecular complexity index is 854. The molecule has 0 spiro atoms. The minimum absolute atomic E-state index is 0.163. The lowest BCUT2D eigenvalue weighted by Gasteiger charge is -2.30. The van der Waals surface area contributed by atoms with Gasteiger partial charge in [-0.25, -0.2) is 0 Å². The van der Waals surface area contributed by atoms with E-state index in [0.717, 1.165) is 0 Å². The largest absolute Gasteiger partial charge is 0.378 e. The van der Waals surface area contributed by atoms with Gasteiger partial charge in [0.15, 0.2) is 0 Å². The SMILES string of the molecule is O=C(Nc1cc(Cl)ccc1Cl)c1cc([N+](=O)[O-])ccc1N1CCOCC1. The van der Waals surface area contributed by atoms with E-state index in [1.807, 2.05) is 4.90 Å². The first-order chi connectivity index (χ1) is 12.5. The van der Waals surface area contributed by atoms with Crippen LogP contribution in [0, 0.1) is 10.1 Å². The highest BCUT2D eigenvalue weighted by Crippen LogP contribution is 2.30. The van der Waals surface area contributed by atoms with Crippen LogP contribution in [0.3, 0.4) is 0 Å². The summed E-state index contributed by atoms with van der Waals surface area (Å²) in [6, 6.07) is 8.92. The van der Waals surface area contributed by atoms with E-state index >= 15 is 0 Å². The standard InChI is InChI=1S/C17H15Cl2N3O4/c18-11-1-3-14(19)15(9-11)20-17(23)13-10-12(22(24)25)2-4-16(13)21-5-7-26-8-6-21/h1-4,9-10H,5-8H2,(H,20,23). The van der Waals surface area contributed by atoms with E-state index in [1.54, 1.807) is 18.2 Å². The summed E-state index contributed by atoms with van der Waals surface area (Å²) in [6.07, 6.45) is 0. The Kier molecular flexibility index (Phi) is 5.61. The summed E-state index contributed by atoms with van der Waals surface area (Å²) in [7, 11) is 0. The molecule has 0 atom stereocenters. The van der Waals surface area contributed by atoms with Gasteiger partial charge >= 0.3 is 0 Å². The summed E-state index contributed by atoms with van der Waals surface area (Å²) in [4.78, 5) is 25.4. The van der Waals surface area contributed by atoms with Gasteiger partial charge in [-0.05, 0) is 24.3 Å². The van der Waals surface area contributed by atoms with Crippen LogP contribution in [-0.2, 0) is 4.74 Å². The Morgan fingerprint density at radius 1 is 1.15 bits per heavy atom. The van der Waals surface area contributed by atoms with Crippen molar-refractivity contribution in [2.24, 2.45) is 0 Å². The van der Waals surface area contributed by atoms with Crippen molar-refractivity contribution in [3.8, 4) is 0 Å². The lowest BCUT2D eigenvalue weighted by molar-refractivity contribution is -0.384. The number of carbonyl (C=O) groups excluding carboxylic acids is 1. The summed E-state index contributed by atoms with van der Waals surface area (Å²) < 4.78 is 5.33. The molecule has 136 valence electrons. The highest BCUT2D eigenvalue weighted by atomic mass is 35.5. The quantitative estimate of drug-likeness (QED) is 0.624. The number of ether oxygens (including phenoxy) is 1. The smallest absolute Gasteiger partial charge is 0.270 e. The Morgan fingerprint density at radius 2 is 1.88 bits per heavy atom. The van der Waals surface area contributed by atoms with Crippen LogP contribution in [0.4, 0.5) is 17.1 Å². The first kappa shape index (κ1) is 18.4. The number of anilines is 2. The third-order valence-electron chi connectivity index (χ3n) is 3.96. The van der Waals surface area contributed by atoms with Gasteiger partial charge in [0, 0.05) is 30.2 Å². The third-order valence-corrected chi connectivity index (χ3v) is 4.53. The maximum atomic E-state index is 12.8. The van der Waals surface area contributed by atoms with Gasteiger partial charge in [0.25, 0.3) is 11.6 Å². The van der Waals surface area contributed by atoms with Gasteiger partial charge in [-0.3, -0.25) is 14.9 Å². The first-order valence-electron chi connectivity index (χ1n) is 7.83. The van der Waals surface area contributed by atoms with Gasteiger partial charge < -0.3 is 15.0 Å². The molecule has 2 aromatic rings. The van der Waals surface area contributed by atoms with Gasteiger partial charge in [0.2, 0.25) is 0 Å². The zero-order valence-corrected chi connectivity index (χ0v) is 15.1. The molecule has 1 saturated heterocycles. The predicted molar refractivity (Wildman–Crippen MR) is 101 cm³/mol. The zero-order valence-electron chi connectivity index (χ0n) is 13.6. The molecule has 1 fully saturated rings. The molecule has 1 aliphatic heterocycles. The van der Waals surface area contributed by atoms with Crippen molar-refractivity contribution in [3.05, 3.63) is 62.1 Å². The van der Waals surface area contributed by atoms with E-state index in [-0.39, 0.29) is 11.3 Å². The Balaban J connectivity index is 1.97. The fraction of sp³-hybridized carbons (Fsp3) is 0.235. The number of amides is 1. The van der Waals surface area contributed by atoms with Crippen LogP contribution in [0.25, 0.3) is 0 Å². The molecule has 0 aromatic heterocycles. The van der Waals surface area contributed by atoms with Crippen LogP contribution in [0.15, 0.2) is 36.4 Å². The van der Waals surface area contributed by atoms with Crippen molar-refractivity contribution < 1.29 is 14.5 Å². The molecule has 26 heavy (non-hydrogen) atoms. The molecular formula is C17H15Cl2N3O4. The average Bonchev–Trinajstić information content (AvgIpc) is 2.65. The average molecular weight is 396 g/mol. The summed E-state index contributed by atoms with van der Waals surface area (Å²) >= 11 is 12.0. The number of nitro benzene ring substituents is 1. The van der Waals surface area contributed by atoms with E-state index in [9.17, 15) is 14.9 Å². The Hall–Kier alpha value is -2.35. The van der Waals surface area contributed by atoms with Gasteiger partial charge in [-0.1, -0.05) is 23.2 Å². The van der Waals surface area contributed by atoms with Crippen molar-refractivity contribution in [1.82, 2.24) is 0 Å². The van der Waals surface area contributed by atoms with Crippen molar-refractivity contribution in [2.75, 3.05) is 36.5 Å². The molecule has 1 heterocycles. The maximum absolute atomic E-state index is 12.8. The fourth-order valence-corrected chi connectivity index (χ4v) is 3.02. The van der Waals surface area contributed by atoms with E-state index < -0.39 is 10.8 Å². The lowest BCUT2D eigenvalue weighted by atomic mass is 10.1. The van der Waals surface area contributed by atoms with Gasteiger partial charge in [0.05, 0.1) is 40.1 Å². The summed E-state index contributed by atoms with van der Waals surface area (Å²) in [5, 5.41) is 14.5. The number of rotatable bonds is 4. The number of non-ortho nitro benzene ring substituents is 1. The fourth-order valence-electron chi connectivity index (χ4n) is 2.68. The molecule has 1 amide bonds. The molecule has 0 unspecified atom stereocenters. The Morgan fingerprint density at radius 3 is 2.58 bits per heavy atom. The van der Waals surface area contributed by atoms with Crippen LogP contribution >= 0.6 is 23.2 Å². The molecule has 2 aromatic carbocycles. The van der Waals surface area contributed by atoms with E-state index in [0.29, 0.717) is 47.7 Å². The number of nitro groups is 1. The number of halogens is 2. The van der Waals surface area contributed by atoms with Crippen molar-refractivity contribution >= 4 is 46.2 Å². The van der Waals surface area contributed by atoms with Gasteiger partial charge in [-0.2, -0.15) is 0 Å². The van der Waals surface area contributed by atoms with E-state index in [1.165, 1.54) is 18.2 Å². The molecule has 0 bridgehead atoms. The summed E-state index contributed by atoms with van der Waals surface area (Å²) in [5.41, 5.74) is 0.972. The maximum Gasteiger partial charge on any atom is 0.270 e. The molecule has 0 aliphatic carbocycles. The lowest BCUT2D eigenvalue weighted by Crippen LogP contribution is -2.37. The molecule has 0 radical (unpaired) electrons. The molecule has 3 rings (SSSR count). The minimum Gasteiger partial charge on any atom is -0.378 e. The van der Waals surface area contributed by atoms with Gasteiger partial charge in [0.1, 0.15) is 0 Å². The molecular weight excluding hydrogens is 381 g/mol. The number of hydrogen-bond donors (Lipinski definition) is 1. The van der Waals surface area contributed by atoms with Gasteiger partial charge in [-0.15, -0.1) is 0 Å². The molecule has 1 N–H and O–H groups in total. The number of nitrogens with zero attached hydrogens (tertiary/aromatic N) is 2. The molecule has 0 saturated carbocycles. The van der Waals surface area contributed by atoms with Crippen molar-refractivity contribution in [3.63, 3.8) is 0 Å². The second-order valence-electron chi connectivity index (χ2n) is 5.64. The number of morpholine rings is 1. The highest BCUT2D eigenvalue weighted by Gasteiger charge is 2.22. The Labute approximate surface area is 159 Å². The topological polar surface area (TPSA) is 84.7 Å². The van der Waals surface area contributed by atoms with Crippen LogP contribution in [0.2, 0.25) is 10.0 Å². The second-order valence-corrected chi connectivity index (χ2v) is 6.48. The third kappa shape index (κ3) is 4.07. The number of nitrogens with one attached hydrogen (secondary N) is 1. The van der Waals surface area contributed by atoms with E-state index in [4.69, 9.17) is 27.9 Å². The van der Waals surface area contributed by atoms with Crippen LogP contribution in [0.5, 0.6) is 0 Å². The monoisotopic (exact) mass is 395 g/mol. The number of carbonyl (C=O) groups is 1. The highest BCUT2D eigenvalue weighted by molar-refractivity contribution is 6.36. The van der Waals surface area contributed by atoms with Crippen molar-refractivity contribution in [2.45, 2.75) is 0 Å². The first-order valence-corrected chi connectivity index (χ1v) is 8.59. The van der Waals surface area contributed by atoms with E-state index in [2.05, 4.69) is 5.32 Å². The summed E-state index contributed by atoms with van der Waals surface area (Å²) in [6.45, 7) is 2.24. The normalized spacial score (nSPS) is 14.2. The molecule has 7 nitrogen and oxygen atoms in total. The van der Waals surface area contributed by atoms with Crippen LogP contribution in [0.1, 0.15) is 10.4 Å². The van der Waals surface area contributed by atoms with Crippen LogP contribution in [-0.4, -0.2) is 37.1 Å². The number of hydrogen-bond acceptors (Lipinski definition) is 5. The minimum atomic E-state index is -0.535. The van der Waals surface area contributed by atoms with Crippen molar-refractivity contribution in [1.29, 1.82) is 0 Å². The zero-order chi connectivity index (χ0) is 18.7. The van der Waals surface area contributed by atoms with Crippen LogP contribution < -0.4 is 10.2 Å². The predicted octanol–water partition coefficient (Wildman–Crippen LogP) is 3.99.